The van der Waals surface area contributed by atoms with Gasteiger partial charge >= 0.3 is 0 Å². The van der Waals surface area contributed by atoms with Crippen LogP contribution in [-0.2, 0) is 6.42 Å². The monoisotopic (exact) mass is 166 g/mol. The van der Waals surface area contributed by atoms with Crippen LogP contribution in [-0.4, -0.2) is 6.29 Å². The Kier molecular flexibility index (Phi) is 2.58. The molecule has 0 aromatic heterocycles. The van der Waals surface area contributed by atoms with Gasteiger partial charge in [-0.15, -0.1) is 0 Å². The van der Waals surface area contributed by atoms with Crippen LogP contribution in [0.5, 0.6) is 0 Å². The molecule has 0 aliphatic heterocycles. The first-order valence-corrected chi connectivity index (χ1v) is 3.93. The standard InChI is InChI=1S/C10H11FO/c1-3-8-5-10(11)9(6-12)4-7(8)2/h4-6H,3H2,1-2H3. The Labute approximate surface area is 71.2 Å². The second kappa shape index (κ2) is 3.48. The Morgan fingerprint density at radius 2 is 2.17 bits per heavy atom. The molecule has 1 aromatic carbocycles. The summed E-state index contributed by atoms with van der Waals surface area (Å²) in [6.45, 7) is 3.84. The van der Waals surface area contributed by atoms with E-state index in [1.807, 2.05) is 13.8 Å². The molecule has 1 aromatic rings. The predicted octanol–water partition coefficient (Wildman–Crippen LogP) is 2.51. The lowest BCUT2D eigenvalue weighted by atomic mass is 10.0. The molecule has 0 unspecified atom stereocenters. The van der Waals surface area contributed by atoms with Crippen LogP contribution in [0.4, 0.5) is 4.39 Å². The molecule has 0 aliphatic rings. The summed E-state index contributed by atoms with van der Waals surface area (Å²) in [7, 11) is 0. The summed E-state index contributed by atoms with van der Waals surface area (Å²) in [6, 6.07) is 3.01. The van der Waals surface area contributed by atoms with Crippen LogP contribution >= 0.6 is 0 Å². The maximum atomic E-state index is 13.0. The van der Waals surface area contributed by atoms with Gasteiger partial charge in [-0.3, -0.25) is 4.79 Å². The van der Waals surface area contributed by atoms with Crippen LogP contribution in [0.15, 0.2) is 12.1 Å². The Bertz CT molecular complexity index is 305. The van der Waals surface area contributed by atoms with Crippen molar-refractivity contribution in [3.63, 3.8) is 0 Å². The fourth-order valence-electron chi connectivity index (χ4n) is 1.22. The minimum atomic E-state index is -0.424. The molecule has 0 saturated heterocycles. The Morgan fingerprint density at radius 3 is 2.67 bits per heavy atom. The highest BCUT2D eigenvalue weighted by Gasteiger charge is 2.04. The molecule has 0 N–H and O–H groups in total. The van der Waals surface area contributed by atoms with Gasteiger partial charge in [-0.2, -0.15) is 0 Å². The molecule has 0 heterocycles. The highest BCUT2D eigenvalue weighted by Crippen LogP contribution is 2.14. The fourth-order valence-corrected chi connectivity index (χ4v) is 1.22. The van der Waals surface area contributed by atoms with Crippen LogP contribution in [0.25, 0.3) is 0 Å². The average Bonchev–Trinajstić information content (AvgIpc) is 2.08. The molecule has 0 saturated carbocycles. The van der Waals surface area contributed by atoms with Gasteiger partial charge in [0.05, 0.1) is 5.56 Å². The molecule has 0 amide bonds. The lowest BCUT2D eigenvalue weighted by Gasteiger charge is -2.03. The lowest BCUT2D eigenvalue weighted by molar-refractivity contribution is 0.111. The molecule has 0 aliphatic carbocycles. The summed E-state index contributed by atoms with van der Waals surface area (Å²) in [5.41, 5.74) is 2.07. The predicted molar refractivity (Wildman–Crippen MR) is 45.9 cm³/mol. The summed E-state index contributed by atoms with van der Waals surface area (Å²) in [4.78, 5) is 10.3. The molecule has 0 atom stereocenters. The SMILES string of the molecule is CCc1cc(F)c(C=O)cc1C. The number of carbonyl (C=O) groups is 1. The van der Waals surface area contributed by atoms with Gasteiger partial charge < -0.3 is 0 Å². The van der Waals surface area contributed by atoms with Crippen molar-refractivity contribution in [3.8, 4) is 0 Å². The van der Waals surface area contributed by atoms with E-state index in [2.05, 4.69) is 0 Å². The van der Waals surface area contributed by atoms with Gasteiger partial charge in [-0.25, -0.2) is 4.39 Å². The van der Waals surface area contributed by atoms with Gasteiger partial charge in [-0.1, -0.05) is 6.92 Å². The number of hydrogen-bond acceptors (Lipinski definition) is 1. The Balaban J connectivity index is 3.25. The number of aryl methyl sites for hydroxylation is 2. The highest BCUT2D eigenvalue weighted by atomic mass is 19.1. The topological polar surface area (TPSA) is 17.1 Å². The quantitative estimate of drug-likeness (QED) is 0.617. The van der Waals surface area contributed by atoms with E-state index in [1.54, 1.807) is 6.07 Å². The van der Waals surface area contributed by atoms with Crippen LogP contribution in [0, 0.1) is 12.7 Å². The van der Waals surface area contributed by atoms with Crippen LogP contribution in [0.3, 0.4) is 0 Å². The van der Waals surface area contributed by atoms with Crippen molar-refractivity contribution in [1.82, 2.24) is 0 Å². The zero-order valence-electron chi connectivity index (χ0n) is 7.23. The molecule has 0 bridgehead atoms. The Hall–Kier alpha value is -1.18. The molecule has 0 spiro atoms. The third-order valence-electron chi connectivity index (χ3n) is 1.96. The van der Waals surface area contributed by atoms with Crippen molar-refractivity contribution < 1.29 is 9.18 Å². The van der Waals surface area contributed by atoms with Crippen LogP contribution in [0.2, 0.25) is 0 Å². The number of benzene rings is 1. The van der Waals surface area contributed by atoms with Crippen molar-refractivity contribution in [1.29, 1.82) is 0 Å². The van der Waals surface area contributed by atoms with Crippen molar-refractivity contribution in [3.05, 3.63) is 34.6 Å². The van der Waals surface area contributed by atoms with Gasteiger partial charge in [0.15, 0.2) is 6.29 Å². The molecular weight excluding hydrogens is 155 g/mol. The first-order chi connectivity index (χ1) is 5.69. The summed E-state index contributed by atoms with van der Waals surface area (Å²) < 4.78 is 13.0. The number of halogens is 1. The highest BCUT2D eigenvalue weighted by molar-refractivity contribution is 5.75. The molecule has 1 nitrogen and oxygen atoms in total. The largest absolute Gasteiger partial charge is 0.298 e. The second-order valence-electron chi connectivity index (χ2n) is 2.77. The fraction of sp³-hybridized carbons (Fsp3) is 0.300. The van der Waals surface area contributed by atoms with Gasteiger partial charge in [0.25, 0.3) is 0 Å². The summed E-state index contributed by atoms with van der Waals surface area (Å²) in [5, 5.41) is 0. The second-order valence-corrected chi connectivity index (χ2v) is 2.77. The third-order valence-corrected chi connectivity index (χ3v) is 1.96. The van der Waals surface area contributed by atoms with Crippen molar-refractivity contribution in [2.45, 2.75) is 20.3 Å². The smallest absolute Gasteiger partial charge is 0.153 e. The van der Waals surface area contributed by atoms with E-state index < -0.39 is 5.82 Å². The number of aldehydes is 1. The lowest BCUT2D eigenvalue weighted by Crippen LogP contribution is -1.94. The molecule has 0 radical (unpaired) electrons. The summed E-state index contributed by atoms with van der Waals surface area (Å²) in [6.07, 6.45) is 1.34. The van der Waals surface area contributed by atoms with E-state index in [4.69, 9.17) is 0 Å². The van der Waals surface area contributed by atoms with E-state index in [-0.39, 0.29) is 5.56 Å². The van der Waals surface area contributed by atoms with Gasteiger partial charge in [0.1, 0.15) is 5.82 Å². The number of hydrogen-bond donors (Lipinski definition) is 0. The molecule has 12 heavy (non-hydrogen) atoms. The Morgan fingerprint density at radius 1 is 1.50 bits per heavy atom. The maximum Gasteiger partial charge on any atom is 0.153 e. The third kappa shape index (κ3) is 1.52. The normalized spacial score (nSPS) is 9.92. The van der Waals surface area contributed by atoms with Crippen molar-refractivity contribution in [2.75, 3.05) is 0 Å². The van der Waals surface area contributed by atoms with E-state index in [0.717, 1.165) is 17.5 Å². The maximum absolute atomic E-state index is 13.0. The minimum Gasteiger partial charge on any atom is -0.298 e. The van der Waals surface area contributed by atoms with E-state index in [9.17, 15) is 9.18 Å². The molecule has 0 fully saturated rings. The van der Waals surface area contributed by atoms with Crippen LogP contribution < -0.4 is 0 Å². The molecule has 1 rings (SSSR count). The molecule has 2 heteroatoms. The van der Waals surface area contributed by atoms with Crippen molar-refractivity contribution >= 4 is 6.29 Å². The summed E-state index contributed by atoms with van der Waals surface area (Å²) >= 11 is 0. The molecule has 64 valence electrons. The van der Waals surface area contributed by atoms with E-state index in [1.165, 1.54) is 6.07 Å². The van der Waals surface area contributed by atoms with E-state index in [0.29, 0.717) is 6.29 Å². The van der Waals surface area contributed by atoms with Crippen LogP contribution in [0.1, 0.15) is 28.4 Å². The average molecular weight is 166 g/mol. The zero-order chi connectivity index (χ0) is 9.14. The van der Waals surface area contributed by atoms with Gasteiger partial charge in [-0.05, 0) is 36.6 Å². The zero-order valence-corrected chi connectivity index (χ0v) is 7.23. The first-order valence-electron chi connectivity index (χ1n) is 3.93. The number of carbonyl (C=O) groups excluding carboxylic acids is 1. The summed E-state index contributed by atoms with van der Waals surface area (Å²) in [5.74, 6) is -0.424. The van der Waals surface area contributed by atoms with Gasteiger partial charge in [0.2, 0.25) is 0 Å². The first kappa shape index (κ1) is 8.91. The van der Waals surface area contributed by atoms with Crippen molar-refractivity contribution in [2.24, 2.45) is 0 Å². The van der Waals surface area contributed by atoms with Gasteiger partial charge in [0, 0.05) is 0 Å². The van der Waals surface area contributed by atoms with E-state index >= 15 is 0 Å². The number of rotatable bonds is 2. The molecular formula is C10H11FO. The minimum absolute atomic E-state index is 0.143.